The van der Waals surface area contributed by atoms with Crippen LogP contribution >= 0.6 is 0 Å². The van der Waals surface area contributed by atoms with Gasteiger partial charge in [0.15, 0.2) is 0 Å². The van der Waals surface area contributed by atoms with Crippen LogP contribution in [0.5, 0.6) is 0 Å². The Morgan fingerprint density at radius 2 is 2.19 bits per heavy atom. The highest BCUT2D eigenvalue weighted by Crippen LogP contribution is 2.29. The molecular weight excluding hydrogens is 264 g/mol. The largest absolute Gasteiger partial charge is 0.399 e. The Bertz CT molecular complexity index is 493. The summed E-state index contributed by atoms with van der Waals surface area (Å²) in [5, 5.41) is 0. The molecule has 21 heavy (non-hydrogen) atoms. The number of nitrogens with two attached hydrogens (primary N) is 1. The smallest absolute Gasteiger partial charge is 0.223 e. The summed E-state index contributed by atoms with van der Waals surface area (Å²) >= 11 is 0. The lowest BCUT2D eigenvalue weighted by atomic mass is 10.1. The predicted octanol–water partition coefficient (Wildman–Crippen LogP) is 2.23. The molecule has 1 saturated carbocycles. The molecule has 4 heteroatoms. The zero-order valence-corrected chi connectivity index (χ0v) is 12.5. The van der Waals surface area contributed by atoms with Crippen LogP contribution in [0.25, 0.3) is 0 Å². The third kappa shape index (κ3) is 3.97. The molecule has 1 aliphatic heterocycles. The van der Waals surface area contributed by atoms with Crippen LogP contribution in [0.15, 0.2) is 24.3 Å². The van der Waals surface area contributed by atoms with Crippen LogP contribution in [0, 0.1) is 5.92 Å². The number of anilines is 1. The van der Waals surface area contributed by atoms with Crippen LogP contribution < -0.4 is 5.73 Å². The second-order valence-corrected chi connectivity index (χ2v) is 6.25. The van der Waals surface area contributed by atoms with E-state index in [0.29, 0.717) is 18.4 Å². The molecule has 4 nitrogen and oxygen atoms in total. The Labute approximate surface area is 126 Å². The SMILES string of the molecule is Nc1cccc(CCC(=O)N(CC2CCOC2)C2CC2)c1. The number of aryl methyl sites for hydroxylation is 1. The molecule has 114 valence electrons. The molecule has 1 aromatic carbocycles. The monoisotopic (exact) mass is 288 g/mol. The lowest BCUT2D eigenvalue weighted by Crippen LogP contribution is -2.37. The van der Waals surface area contributed by atoms with Crippen LogP contribution in [0.2, 0.25) is 0 Å². The minimum Gasteiger partial charge on any atom is -0.399 e. The summed E-state index contributed by atoms with van der Waals surface area (Å²) in [5.74, 6) is 0.814. The quantitative estimate of drug-likeness (QED) is 0.817. The van der Waals surface area contributed by atoms with Crippen LogP contribution in [0.3, 0.4) is 0 Å². The second kappa shape index (κ2) is 6.48. The van der Waals surface area contributed by atoms with Gasteiger partial charge >= 0.3 is 0 Å². The molecular formula is C17H24N2O2. The third-order valence-corrected chi connectivity index (χ3v) is 4.37. The fraction of sp³-hybridized carbons (Fsp3) is 0.588. The highest BCUT2D eigenvalue weighted by molar-refractivity contribution is 5.77. The molecule has 0 aromatic heterocycles. The molecule has 1 aromatic rings. The van der Waals surface area contributed by atoms with E-state index >= 15 is 0 Å². The molecule has 1 aliphatic carbocycles. The number of rotatable bonds is 6. The number of benzene rings is 1. The minimum atomic E-state index is 0.284. The number of hydrogen-bond donors (Lipinski definition) is 1. The van der Waals surface area contributed by atoms with E-state index in [0.717, 1.165) is 56.7 Å². The van der Waals surface area contributed by atoms with Gasteiger partial charge in [-0.3, -0.25) is 4.79 Å². The Balaban J connectivity index is 1.54. The molecule has 2 N–H and O–H groups in total. The first-order valence-corrected chi connectivity index (χ1v) is 7.94. The molecule has 0 radical (unpaired) electrons. The van der Waals surface area contributed by atoms with Crippen molar-refractivity contribution in [1.82, 2.24) is 4.90 Å². The van der Waals surface area contributed by atoms with Gasteiger partial charge in [0.2, 0.25) is 5.91 Å². The fourth-order valence-corrected chi connectivity index (χ4v) is 2.99. The molecule has 3 rings (SSSR count). The summed E-state index contributed by atoms with van der Waals surface area (Å²) in [4.78, 5) is 14.6. The molecule has 0 spiro atoms. The molecule has 1 amide bonds. The Kier molecular flexibility index (Phi) is 4.44. The number of amides is 1. The van der Waals surface area contributed by atoms with Crippen molar-refractivity contribution in [1.29, 1.82) is 0 Å². The Morgan fingerprint density at radius 3 is 2.86 bits per heavy atom. The predicted molar refractivity (Wildman–Crippen MR) is 82.8 cm³/mol. The number of ether oxygens (including phenoxy) is 1. The van der Waals surface area contributed by atoms with Crippen molar-refractivity contribution in [3.63, 3.8) is 0 Å². The van der Waals surface area contributed by atoms with Gasteiger partial charge in [0.25, 0.3) is 0 Å². The normalized spacial score (nSPS) is 21.4. The van der Waals surface area contributed by atoms with Crippen molar-refractivity contribution in [2.45, 2.75) is 38.1 Å². The lowest BCUT2D eigenvalue weighted by molar-refractivity contribution is -0.132. The molecule has 0 bridgehead atoms. The Hall–Kier alpha value is -1.55. The average molecular weight is 288 g/mol. The van der Waals surface area contributed by atoms with Gasteiger partial charge in [-0.2, -0.15) is 0 Å². The van der Waals surface area contributed by atoms with Crippen molar-refractivity contribution in [3.05, 3.63) is 29.8 Å². The summed E-state index contributed by atoms with van der Waals surface area (Å²) in [6, 6.07) is 8.31. The summed E-state index contributed by atoms with van der Waals surface area (Å²) in [6.07, 6.45) is 4.77. The fourth-order valence-electron chi connectivity index (χ4n) is 2.99. The van der Waals surface area contributed by atoms with Crippen molar-refractivity contribution < 1.29 is 9.53 Å². The standard InChI is InChI=1S/C17H24N2O2/c18-15-3-1-2-13(10-15)4-7-17(20)19(16-5-6-16)11-14-8-9-21-12-14/h1-3,10,14,16H,4-9,11-12,18H2. The summed E-state index contributed by atoms with van der Waals surface area (Å²) < 4.78 is 5.43. The van der Waals surface area contributed by atoms with Gasteiger partial charge in [-0.1, -0.05) is 12.1 Å². The van der Waals surface area contributed by atoms with E-state index in [1.165, 1.54) is 0 Å². The van der Waals surface area contributed by atoms with Crippen molar-refractivity contribution >= 4 is 11.6 Å². The van der Waals surface area contributed by atoms with E-state index < -0.39 is 0 Å². The van der Waals surface area contributed by atoms with Crippen LogP contribution in [0.1, 0.15) is 31.2 Å². The average Bonchev–Trinajstić information content (AvgIpc) is 3.19. The van der Waals surface area contributed by atoms with E-state index in [1.54, 1.807) is 0 Å². The maximum absolute atomic E-state index is 12.5. The molecule has 1 unspecified atom stereocenters. The summed E-state index contributed by atoms with van der Waals surface area (Å²) in [7, 11) is 0. The number of nitrogens with zero attached hydrogens (tertiary/aromatic N) is 1. The number of carbonyl (C=O) groups excluding carboxylic acids is 1. The first kappa shape index (κ1) is 14.4. The first-order valence-electron chi connectivity index (χ1n) is 7.94. The number of hydrogen-bond acceptors (Lipinski definition) is 3. The Morgan fingerprint density at radius 1 is 1.33 bits per heavy atom. The molecule has 2 aliphatic rings. The first-order chi connectivity index (χ1) is 10.2. The maximum atomic E-state index is 12.5. The lowest BCUT2D eigenvalue weighted by Gasteiger charge is -2.25. The topological polar surface area (TPSA) is 55.6 Å². The molecule has 1 saturated heterocycles. The van der Waals surface area contributed by atoms with Gasteiger partial charge in [-0.05, 0) is 43.4 Å². The van der Waals surface area contributed by atoms with Gasteiger partial charge in [-0.25, -0.2) is 0 Å². The number of carbonyl (C=O) groups is 1. The second-order valence-electron chi connectivity index (χ2n) is 6.25. The van der Waals surface area contributed by atoms with Gasteiger partial charge in [-0.15, -0.1) is 0 Å². The van der Waals surface area contributed by atoms with Crippen LogP contribution in [-0.2, 0) is 16.0 Å². The van der Waals surface area contributed by atoms with Gasteiger partial charge in [0.05, 0.1) is 6.61 Å². The van der Waals surface area contributed by atoms with Crippen LogP contribution in [0.4, 0.5) is 5.69 Å². The highest BCUT2D eigenvalue weighted by atomic mass is 16.5. The van der Waals surface area contributed by atoms with Gasteiger partial charge in [0.1, 0.15) is 0 Å². The zero-order valence-electron chi connectivity index (χ0n) is 12.5. The van der Waals surface area contributed by atoms with E-state index in [-0.39, 0.29) is 5.91 Å². The van der Waals surface area contributed by atoms with E-state index in [9.17, 15) is 4.79 Å². The zero-order chi connectivity index (χ0) is 14.7. The van der Waals surface area contributed by atoms with Crippen molar-refractivity contribution in [2.24, 2.45) is 5.92 Å². The van der Waals surface area contributed by atoms with Gasteiger partial charge < -0.3 is 15.4 Å². The van der Waals surface area contributed by atoms with E-state index in [1.807, 2.05) is 24.3 Å². The maximum Gasteiger partial charge on any atom is 0.223 e. The molecule has 1 heterocycles. The summed E-state index contributed by atoms with van der Waals surface area (Å²) in [5.41, 5.74) is 7.69. The van der Waals surface area contributed by atoms with Crippen molar-refractivity contribution in [2.75, 3.05) is 25.5 Å². The summed E-state index contributed by atoms with van der Waals surface area (Å²) in [6.45, 7) is 2.53. The van der Waals surface area contributed by atoms with E-state index in [2.05, 4.69) is 4.90 Å². The number of nitrogen functional groups attached to an aromatic ring is 1. The van der Waals surface area contributed by atoms with Gasteiger partial charge in [0, 0.05) is 37.2 Å². The minimum absolute atomic E-state index is 0.284. The highest BCUT2D eigenvalue weighted by Gasteiger charge is 2.34. The molecule has 1 atom stereocenters. The van der Waals surface area contributed by atoms with Crippen LogP contribution in [-0.4, -0.2) is 36.6 Å². The van der Waals surface area contributed by atoms with E-state index in [4.69, 9.17) is 10.5 Å². The third-order valence-electron chi connectivity index (χ3n) is 4.37. The van der Waals surface area contributed by atoms with Crippen molar-refractivity contribution in [3.8, 4) is 0 Å². The molecule has 2 fully saturated rings.